The summed E-state index contributed by atoms with van der Waals surface area (Å²) in [6, 6.07) is 4.49. The van der Waals surface area contributed by atoms with Crippen LogP contribution in [0, 0.1) is 5.92 Å². The lowest BCUT2D eigenvalue weighted by Gasteiger charge is -2.25. The van der Waals surface area contributed by atoms with Crippen molar-refractivity contribution in [2.45, 2.75) is 59.2 Å². The summed E-state index contributed by atoms with van der Waals surface area (Å²) in [5.41, 5.74) is 3.82. The van der Waals surface area contributed by atoms with E-state index in [-0.39, 0.29) is 42.5 Å². The molecule has 3 N–H and O–H groups in total. The lowest BCUT2D eigenvalue weighted by molar-refractivity contribution is -0.137. The van der Waals surface area contributed by atoms with Crippen molar-refractivity contribution < 1.29 is 18.0 Å². The second kappa shape index (κ2) is 10.5. The first-order chi connectivity index (χ1) is 15.0. The molecule has 0 aliphatic heterocycles. The number of nitrogen functional groups attached to an aromatic ring is 1. The molecule has 1 heterocycles. The summed E-state index contributed by atoms with van der Waals surface area (Å²) in [5.74, 6) is -0.527. The number of amides is 1. The molecular formula is C22H29F3N4O3. The van der Waals surface area contributed by atoms with Crippen LogP contribution < -0.4 is 21.9 Å². The zero-order valence-electron chi connectivity index (χ0n) is 18.5. The molecule has 0 saturated heterocycles. The van der Waals surface area contributed by atoms with Crippen molar-refractivity contribution in [1.82, 2.24) is 9.55 Å². The number of nitrogens with two attached hydrogens (primary N) is 1. The van der Waals surface area contributed by atoms with Gasteiger partial charge in [-0.3, -0.25) is 19.1 Å². The smallest absolute Gasteiger partial charge is 0.383 e. The van der Waals surface area contributed by atoms with Crippen molar-refractivity contribution in [3.8, 4) is 0 Å². The Kier molecular flexibility index (Phi) is 8.29. The number of carbonyl (C=O) groups is 1. The van der Waals surface area contributed by atoms with Gasteiger partial charge in [-0.05, 0) is 30.4 Å². The van der Waals surface area contributed by atoms with E-state index < -0.39 is 28.9 Å². The molecule has 10 heteroatoms. The van der Waals surface area contributed by atoms with E-state index in [1.165, 1.54) is 21.6 Å². The van der Waals surface area contributed by atoms with Crippen LogP contribution in [-0.4, -0.2) is 22.0 Å². The Balaban J connectivity index is 2.48. The number of aromatic amines is 1. The summed E-state index contributed by atoms with van der Waals surface area (Å²) in [6.07, 6.45) is -2.94. The van der Waals surface area contributed by atoms with Crippen LogP contribution in [0.4, 0.5) is 24.7 Å². The normalized spacial score (nSPS) is 11.7. The van der Waals surface area contributed by atoms with Gasteiger partial charge in [-0.25, -0.2) is 4.79 Å². The van der Waals surface area contributed by atoms with E-state index in [1.54, 1.807) is 0 Å². The average Bonchev–Trinajstić information content (AvgIpc) is 2.69. The van der Waals surface area contributed by atoms with E-state index in [2.05, 4.69) is 4.98 Å². The van der Waals surface area contributed by atoms with Gasteiger partial charge >= 0.3 is 11.9 Å². The summed E-state index contributed by atoms with van der Waals surface area (Å²) < 4.78 is 40.3. The Morgan fingerprint density at radius 1 is 1.25 bits per heavy atom. The number of benzene rings is 1. The van der Waals surface area contributed by atoms with Crippen LogP contribution in [0.5, 0.6) is 0 Å². The highest BCUT2D eigenvalue weighted by Gasteiger charge is 2.31. The zero-order chi connectivity index (χ0) is 24.1. The minimum Gasteiger partial charge on any atom is -0.383 e. The average molecular weight is 454 g/mol. The number of nitrogens with one attached hydrogen (secondary N) is 1. The summed E-state index contributed by atoms with van der Waals surface area (Å²) in [5, 5.41) is 0. The van der Waals surface area contributed by atoms with Crippen molar-refractivity contribution in [2.75, 3.05) is 17.2 Å². The largest absolute Gasteiger partial charge is 0.416 e. The monoisotopic (exact) mass is 454 g/mol. The van der Waals surface area contributed by atoms with Crippen LogP contribution in [0.2, 0.25) is 0 Å². The topological polar surface area (TPSA) is 101 Å². The summed E-state index contributed by atoms with van der Waals surface area (Å²) in [4.78, 5) is 41.4. The quantitative estimate of drug-likeness (QED) is 0.605. The predicted molar refractivity (Wildman–Crippen MR) is 118 cm³/mol. The number of nitrogens with zero attached hydrogens (tertiary/aromatic N) is 2. The lowest BCUT2D eigenvalue weighted by atomic mass is 10.1. The fourth-order valence-corrected chi connectivity index (χ4v) is 3.25. The maximum atomic E-state index is 13.2. The number of anilines is 2. The van der Waals surface area contributed by atoms with Crippen molar-refractivity contribution in [3.05, 3.63) is 56.2 Å². The van der Waals surface area contributed by atoms with Gasteiger partial charge in [0.25, 0.3) is 5.56 Å². The Morgan fingerprint density at radius 2 is 1.94 bits per heavy atom. The molecule has 0 saturated carbocycles. The summed E-state index contributed by atoms with van der Waals surface area (Å²) >= 11 is 0. The number of halogens is 3. The number of H-pyrrole nitrogens is 1. The number of alkyl halides is 3. The molecule has 1 amide bonds. The maximum Gasteiger partial charge on any atom is 0.416 e. The lowest BCUT2D eigenvalue weighted by Crippen LogP contribution is -2.42. The minimum absolute atomic E-state index is 0.131. The zero-order valence-corrected chi connectivity index (χ0v) is 18.5. The highest BCUT2D eigenvalue weighted by molar-refractivity contribution is 5.96. The predicted octanol–water partition coefficient (Wildman–Crippen LogP) is 3.56. The first-order valence-electron chi connectivity index (χ1n) is 10.5. The van der Waals surface area contributed by atoms with Gasteiger partial charge in [0.15, 0.2) is 5.69 Å². The van der Waals surface area contributed by atoms with Crippen LogP contribution in [0.25, 0.3) is 0 Å². The SMILES string of the molecule is CCCCn1c(N)c(N(CCC(C)C)C(=O)Cc2cccc(C(F)(F)F)c2)c(=O)[nH]c1=O. The van der Waals surface area contributed by atoms with Gasteiger partial charge in [-0.1, -0.05) is 45.4 Å². The van der Waals surface area contributed by atoms with E-state index in [0.29, 0.717) is 12.8 Å². The maximum absolute atomic E-state index is 13.2. The number of unbranched alkanes of at least 4 members (excludes halogenated alkanes) is 1. The van der Waals surface area contributed by atoms with E-state index >= 15 is 0 Å². The van der Waals surface area contributed by atoms with Gasteiger partial charge in [0.05, 0.1) is 12.0 Å². The third-order valence-electron chi connectivity index (χ3n) is 5.06. The molecule has 0 aliphatic rings. The molecule has 176 valence electrons. The third kappa shape index (κ3) is 6.24. The van der Waals surface area contributed by atoms with Gasteiger partial charge in [0.2, 0.25) is 5.91 Å². The molecule has 2 rings (SSSR count). The second-order valence-electron chi connectivity index (χ2n) is 8.10. The molecule has 0 spiro atoms. The third-order valence-corrected chi connectivity index (χ3v) is 5.06. The molecular weight excluding hydrogens is 425 g/mol. The fraction of sp³-hybridized carbons (Fsp3) is 0.500. The van der Waals surface area contributed by atoms with Gasteiger partial charge in [-0.15, -0.1) is 0 Å². The molecule has 1 aromatic heterocycles. The molecule has 1 aromatic carbocycles. The standard InChI is InChI=1S/C22H29F3N4O3/c1-4-5-10-29-19(26)18(20(31)27-21(29)32)28(11-9-14(2)3)17(30)13-15-7-6-8-16(12-15)22(23,24)25/h6-8,12,14H,4-5,9-11,13,26H2,1-3H3,(H,27,31,32). The van der Waals surface area contributed by atoms with Crippen molar-refractivity contribution in [3.63, 3.8) is 0 Å². The van der Waals surface area contributed by atoms with E-state index in [0.717, 1.165) is 18.6 Å². The Hall–Kier alpha value is -3.04. The Labute approximate surface area is 184 Å². The first-order valence-corrected chi connectivity index (χ1v) is 10.5. The molecule has 0 radical (unpaired) electrons. The molecule has 0 aliphatic carbocycles. The number of rotatable bonds is 9. The van der Waals surface area contributed by atoms with Crippen molar-refractivity contribution in [1.29, 1.82) is 0 Å². The molecule has 2 aromatic rings. The summed E-state index contributed by atoms with van der Waals surface area (Å²) in [7, 11) is 0. The van der Waals surface area contributed by atoms with E-state index in [9.17, 15) is 27.6 Å². The fourth-order valence-electron chi connectivity index (χ4n) is 3.25. The van der Waals surface area contributed by atoms with Crippen molar-refractivity contribution >= 4 is 17.4 Å². The molecule has 7 nitrogen and oxygen atoms in total. The number of hydrogen-bond donors (Lipinski definition) is 2. The highest BCUT2D eigenvalue weighted by atomic mass is 19.4. The van der Waals surface area contributed by atoms with E-state index in [1.807, 2.05) is 20.8 Å². The van der Waals surface area contributed by atoms with Crippen molar-refractivity contribution in [2.24, 2.45) is 5.92 Å². The van der Waals surface area contributed by atoms with Crippen LogP contribution in [0.15, 0.2) is 33.9 Å². The number of hydrogen-bond acceptors (Lipinski definition) is 4. The van der Waals surface area contributed by atoms with Gasteiger partial charge < -0.3 is 10.6 Å². The molecule has 32 heavy (non-hydrogen) atoms. The molecule has 0 fully saturated rings. The van der Waals surface area contributed by atoms with Crippen LogP contribution >= 0.6 is 0 Å². The van der Waals surface area contributed by atoms with Gasteiger partial charge in [0, 0.05) is 13.1 Å². The second-order valence-corrected chi connectivity index (χ2v) is 8.10. The van der Waals surface area contributed by atoms with Crippen LogP contribution in [0.3, 0.4) is 0 Å². The minimum atomic E-state index is -4.53. The highest BCUT2D eigenvalue weighted by Crippen LogP contribution is 2.30. The molecule has 0 unspecified atom stereocenters. The molecule has 0 atom stereocenters. The number of carbonyl (C=O) groups excluding carboxylic acids is 1. The Bertz CT molecular complexity index is 1060. The van der Waals surface area contributed by atoms with Gasteiger partial charge in [0.1, 0.15) is 5.82 Å². The molecule has 0 bridgehead atoms. The van der Waals surface area contributed by atoms with Gasteiger partial charge in [-0.2, -0.15) is 13.2 Å². The summed E-state index contributed by atoms with van der Waals surface area (Å²) in [6.45, 7) is 6.21. The van der Waals surface area contributed by atoms with E-state index in [4.69, 9.17) is 5.73 Å². The first kappa shape index (κ1) is 25.2. The number of aromatic nitrogens is 2. The van der Waals surface area contributed by atoms with Crippen LogP contribution in [-0.2, 0) is 23.9 Å². The Morgan fingerprint density at radius 3 is 2.53 bits per heavy atom. The van der Waals surface area contributed by atoms with Crippen LogP contribution in [0.1, 0.15) is 51.2 Å².